The summed E-state index contributed by atoms with van der Waals surface area (Å²) in [5, 5.41) is 2.88. The fraction of sp³-hybridized carbons (Fsp3) is 0.375. The number of nitrogens with zero attached hydrogens (tertiary/aromatic N) is 2. The Morgan fingerprint density at radius 3 is 2.73 bits per heavy atom. The van der Waals surface area contributed by atoms with Crippen LogP contribution in [-0.2, 0) is 16.1 Å². The van der Waals surface area contributed by atoms with E-state index in [1.807, 2.05) is 30.3 Å². The lowest BCUT2D eigenvalue weighted by Crippen LogP contribution is -2.51. The van der Waals surface area contributed by atoms with E-state index in [1.165, 1.54) is 0 Å². The SMILES string of the molecule is CC(C)(N)C(=O)NC(COCc1ccccc1)n1ccnc1. The highest BCUT2D eigenvalue weighted by Crippen LogP contribution is 2.08. The van der Waals surface area contributed by atoms with Gasteiger partial charge in [-0.25, -0.2) is 4.98 Å². The highest BCUT2D eigenvalue weighted by Gasteiger charge is 2.25. The van der Waals surface area contributed by atoms with Gasteiger partial charge < -0.3 is 20.4 Å². The number of benzene rings is 1. The first-order valence-electron chi connectivity index (χ1n) is 7.16. The summed E-state index contributed by atoms with van der Waals surface area (Å²) in [5.41, 5.74) is 5.96. The Labute approximate surface area is 130 Å². The van der Waals surface area contributed by atoms with Crippen molar-refractivity contribution in [3.63, 3.8) is 0 Å². The number of aromatic nitrogens is 2. The maximum Gasteiger partial charge on any atom is 0.241 e. The molecule has 2 rings (SSSR count). The van der Waals surface area contributed by atoms with Gasteiger partial charge in [0.1, 0.15) is 6.17 Å². The lowest BCUT2D eigenvalue weighted by atomic mass is 10.1. The third-order valence-electron chi connectivity index (χ3n) is 3.15. The normalized spacial score (nSPS) is 12.9. The van der Waals surface area contributed by atoms with Crippen LogP contribution >= 0.6 is 0 Å². The number of ether oxygens (including phenoxy) is 1. The first-order chi connectivity index (χ1) is 10.5. The molecule has 0 saturated heterocycles. The van der Waals surface area contributed by atoms with E-state index in [2.05, 4.69) is 10.3 Å². The molecular weight excluding hydrogens is 280 g/mol. The average Bonchev–Trinajstić information content (AvgIpc) is 3.00. The molecule has 22 heavy (non-hydrogen) atoms. The van der Waals surface area contributed by atoms with Crippen LogP contribution in [-0.4, -0.2) is 27.6 Å². The molecule has 3 N–H and O–H groups in total. The molecule has 1 heterocycles. The van der Waals surface area contributed by atoms with Gasteiger partial charge in [-0.05, 0) is 19.4 Å². The van der Waals surface area contributed by atoms with Gasteiger partial charge in [0.25, 0.3) is 0 Å². The summed E-state index contributed by atoms with van der Waals surface area (Å²) in [5.74, 6) is -0.241. The Morgan fingerprint density at radius 1 is 1.41 bits per heavy atom. The Bertz CT molecular complexity index is 576. The van der Waals surface area contributed by atoms with Gasteiger partial charge in [-0.1, -0.05) is 30.3 Å². The highest BCUT2D eigenvalue weighted by atomic mass is 16.5. The van der Waals surface area contributed by atoms with E-state index >= 15 is 0 Å². The molecule has 1 aromatic heterocycles. The van der Waals surface area contributed by atoms with Crippen LogP contribution in [0.1, 0.15) is 25.6 Å². The van der Waals surface area contributed by atoms with Crippen LogP contribution in [0.2, 0.25) is 0 Å². The van der Waals surface area contributed by atoms with Gasteiger partial charge in [0, 0.05) is 12.4 Å². The molecular formula is C16H22N4O2. The molecule has 0 radical (unpaired) electrons. The zero-order valence-electron chi connectivity index (χ0n) is 12.9. The van der Waals surface area contributed by atoms with Gasteiger partial charge in [-0.3, -0.25) is 4.79 Å². The van der Waals surface area contributed by atoms with E-state index in [0.29, 0.717) is 13.2 Å². The summed E-state index contributed by atoms with van der Waals surface area (Å²) in [6.07, 6.45) is 4.73. The number of nitrogens with two attached hydrogens (primary N) is 1. The standard InChI is InChI=1S/C16H22N4O2/c1-16(2,17)15(21)19-14(20-9-8-18-12-20)11-22-10-13-6-4-3-5-7-13/h3-9,12,14H,10-11,17H2,1-2H3,(H,19,21). The molecule has 0 fully saturated rings. The lowest BCUT2D eigenvalue weighted by Gasteiger charge is -2.25. The smallest absolute Gasteiger partial charge is 0.241 e. The summed E-state index contributed by atoms with van der Waals surface area (Å²) >= 11 is 0. The van der Waals surface area contributed by atoms with Gasteiger partial charge in [0.05, 0.1) is 25.1 Å². The molecule has 6 heteroatoms. The molecule has 1 aromatic carbocycles. The minimum atomic E-state index is -0.946. The summed E-state index contributed by atoms with van der Waals surface area (Å²) in [7, 11) is 0. The molecule has 118 valence electrons. The summed E-state index contributed by atoms with van der Waals surface area (Å²) in [4.78, 5) is 16.1. The van der Waals surface area contributed by atoms with Crippen LogP contribution in [0.4, 0.5) is 0 Å². The predicted octanol–water partition coefficient (Wildman–Crippen LogP) is 1.45. The maximum absolute atomic E-state index is 12.1. The fourth-order valence-corrected chi connectivity index (χ4v) is 1.86. The third kappa shape index (κ3) is 4.68. The molecule has 0 aliphatic carbocycles. The second-order valence-corrected chi connectivity index (χ2v) is 5.72. The molecule has 1 unspecified atom stereocenters. The molecule has 6 nitrogen and oxygen atoms in total. The highest BCUT2D eigenvalue weighted by molar-refractivity contribution is 5.85. The van der Waals surface area contributed by atoms with Crippen molar-refractivity contribution in [1.82, 2.24) is 14.9 Å². The molecule has 0 saturated carbocycles. The van der Waals surface area contributed by atoms with Crippen molar-refractivity contribution in [2.24, 2.45) is 5.73 Å². The van der Waals surface area contributed by atoms with Crippen molar-refractivity contribution >= 4 is 5.91 Å². The van der Waals surface area contributed by atoms with Crippen LogP contribution in [0, 0.1) is 0 Å². The average molecular weight is 302 g/mol. The second kappa shape index (κ2) is 7.20. The molecule has 1 amide bonds. The number of carbonyl (C=O) groups is 1. The van der Waals surface area contributed by atoms with E-state index in [0.717, 1.165) is 5.56 Å². The van der Waals surface area contributed by atoms with Crippen LogP contribution < -0.4 is 11.1 Å². The Morgan fingerprint density at radius 2 is 2.14 bits per heavy atom. The van der Waals surface area contributed by atoms with Gasteiger partial charge in [-0.2, -0.15) is 0 Å². The zero-order chi connectivity index (χ0) is 16.0. The van der Waals surface area contributed by atoms with Crippen LogP contribution in [0.3, 0.4) is 0 Å². The first-order valence-corrected chi connectivity index (χ1v) is 7.16. The summed E-state index contributed by atoms with van der Waals surface area (Å²) in [6.45, 7) is 4.14. The number of amides is 1. The molecule has 0 spiro atoms. The van der Waals surface area contributed by atoms with Crippen LogP contribution in [0.15, 0.2) is 49.1 Å². The topological polar surface area (TPSA) is 82.2 Å². The monoisotopic (exact) mass is 302 g/mol. The van der Waals surface area contributed by atoms with E-state index in [1.54, 1.807) is 37.1 Å². The van der Waals surface area contributed by atoms with Crippen molar-refractivity contribution in [2.45, 2.75) is 32.2 Å². The molecule has 0 bridgehead atoms. The van der Waals surface area contributed by atoms with Crippen molar-refractivity contribution < 1.29 is 9.53 Å². The molecule has 0 aliphatic rings. The number of hydrogen-bond acceptors (Lipinski definition) is 4. The minimum absolute atomic E-state index is 0.241. The van der Waals surface area contributed by atoms with Gasteiger partial charge >= 0.3 is 0 Å². The second-order valence-electron chi connectivity index (χ2n) is 5.72. The van der Waals surface area contributed by atoms with Gasteiger partial charge in [-0.15, -0.1) is 0 Å². The molecule has 0 aliphatic heterocycles. The number of carbonyl (C=O) groups excluding carboxylic acids is 1. The number of nitrogens with one attached hydrogen (secondary N) is 1. The van der Waals surface area contributed by atoms with Crippen molar-refractivity contribution in [3.8, 4) is 0 Å². The summed E-state index contributed by atoms with van der Waals surface area (Å²) in [6, 6.07) is 9.87. The van der Waals surface area contributed by atoms with E-state index < -0.39 is 5.54 Å². The third-order valence-corrected chi connectivity index (χ3v) is 3.15. The van der Waals surface area contributed by atoms with E-state index in [9.17, 15) is 4.79 Å². The van der Waals surface area contributed by atoms with Gasteiger partial charge in [0.15, 0.2) is 0 Å². The maximum atomic E-state index is 12.1. The van der Waals surface area contributed by atoms with E-state index in [-0.39, 0.29) is 12.1 Å². The Balaban J connectivity index is 1.95. The fourth-order valence-electron chi connectivity index (χ4n) is 1.86. The van der Waals surface area contributed by atoms with Crippen molar-refractivity contribution in [2.75, 3.05) is 6.61 Å². The predicted molar refractivity (Wildman–Crippen MR) is 83.8 cm³/mol. The van der Waals surface area contributed by atoms with Crippen molar-refractivity contribution in [3.05, 3.63) is 54.6 Å². The Kier molecular flexibility index (Phi) is 5.30. The Hall–Kier alpha value is -2.18. The molecule has 2 aromatic rings. The van der Waals surface area contributed by atoms with Crippen molar-refractivity contribution in [1.29, 1.82) is 0 Å². The first kappa shape index (κ1) is 16.2. The largest absolute Gasteiger partial charge is 0.373 e. The van der Waals surface area contributed by atoms with Crippen LogP contribution in [0.5, 0.6) is 0 Å². The number of rotatable bonds is 7. The lowest BCUT2D eigenvalue weighted by molar-refractivity contribution is -0.127. The minimum Gasteiger partial charge on any atom is -0.373 e. The van der Waals surface area contributed by atoms with Gasteiger partial charge in [0.2, 0.25) is 5.91 Å². The number of imidazole rings is 1. The van der Waals surface area contributed by atoms with E-state index in [4.69, 9.17) is 10.5 Å². The number of hydrogen-bond donors (Lipinski definition) is 2. The van der Waals surface area contributed by atoms with Crippen LogP contribution in [0.25, 0.3) is 0 Å². The molecule has 1 atom stereocenters. The summed E-state index contributed by atoms with van der Waals surface area (Å²) < 4.78 is 7.50. The zero-order valence-corrected chi connectivity index (χ0v) is 12.9. The quantitative estimate of drug-likeness (QED) is 0.811.